The fourth-order valence-electron chi connectivity index (χ4n) is 1.53. The molecule has 0 aromatic heterocycles. The molecule has 86 valence electrons. The molecule has 3 heteroatoms. The summed E-state index contributed by atoms with van der Waals surface area (Å²) in [7, 11) is 0. The Bertz CT molecular complexity index is 537. The van der Waals surface area contributed by atoms with E-state index >= 15 is 0 Å². The molecule has 0 bridgehead atoms. The van der Waals surface area contributed by atoms with E-state index in [1.165, 1.54) is 6.07 Å². The first-order chi connectivity index (χ1) is 8.18. The minimum atomic E-state index is -0.323. The highest BCUT2D eigenvalue weighted by atomic mass is 19.1. The minimum Gasteiger partial charge on any atom is -0.322 e. The predicted molar refractivity (Wildman–Crippen MR) is 65.5 cm³/mol. The largest absolute Gasteiger partial charge is 0.322 e. The van der Waals surface area contributed by atoms with Crippen LogP contribution in [-0.2, 0) is 0 Å². The van der Waals surface area contributed by atoms with Crippen molar-refractivity contribution in [2.45, 2.75) is 6.92 Å². The molecule has 1 amide bonds. The maximum atomic E-state index is 13.3. The standard InChI is InChI=1S/C14H12FNO/c1-10-12(15)8-5-9-13(10)16-14(17)11-6-3-2-4-7-11/h2-9H,1H3,(H,16,17). The zero-order valence-electron chi connectivity index (χ0n) is 9.41. The van der Waals surface area contributed by atoms with E-state index in [-0.39, 0.29) is 11.7 Å². The third-order valence-electron chi connectivity index (χ3n) is 2.55. The second-order valence-corrected chi connectivity index (χ2v) is 3.73. The number of hydrogen-bond donors (Lipinski definition) is 1. The topological polar surface area (TPSA) is 29.1 Å². The molecule has 2 aromatic carbocycles. The van der Waals surface area contributed by atoms with Crippen LogP contribution < -0.4 is 5.32 Å². The lowest BCUT2D eigenvalue weighted by molar-refractivity contribution is 0.102. The molecule has 2 aromatic rings. The Morgan fingerprint density at radius 3 is 2.47 bits per heavy atom. The van der Waals surface area contributed by atoms with E-state index in [0.717, 1.165) is 0 Å². The highest BCUT2D eigenvalue weighted by Crippen LogP contribution is 2.18. The van der Waals surface area contributed by atoms with E-state index in [2.05, 4.69) is 5.32 Å². The van der Waals surface area contributed by atoms with Gasteiger partial charge in [-0.05, 0) is 31.2 Å². The van der Waals surface area contributed by atoms with Gasteiger partial charge in [-0.3, -0.25) is 4.79 Å². The van der Waals surface area contributed by atoms with Crippen LogP contribution in [0.25, 0.3) is 0 Å². The van der Waals surface area contributed by atoms with Gasteiger partial charge in [-0.2, -0.15) is 0 Å². The quantitative estimate of drug-likeness (QED) is 0.840. The van der Waals surface area contributed by atoms with Crippen molar-refractivity contribution < 1.29 is 9.18 Å². The lowest BCUT2D eigenvalue weighted by Gasteiger charge is -2.08. The molecule has 0 unspecified atom stereocenters. The van der Waals surface area contributed by atoms with Crippen LogP contribution in [0.3, 0.4) is 0 Å². The van der Waals surface area contributed by atoms with Gasteiger partial charge in [0.25, 0.3) is 5.91 Å². The van der Waals surface area contributed by atoms with Crippen LogP contribution in [0, 0.1) is 12.7 Å². The molecule has 2 nitrogen and oxygen atoms in total. The lowest BCUT2D eigenvalue weighted by Crippen LogP contribution is -2.12. The van der Waals surface area contributed by atoms with Crippen LogP contribution in [0.5, 0.6) is 0 Å². The lowest BCUT2D eigenvalue weighted by atomic mass is 10.1. The first-order valence-corrected chi connectivity index (χ1v) is 5.30. The van der Waals surface area contributed by atoms with Crippen LogP contribution in [-0.4, -0.2) is 5.91 Å². The Hall–Kier alpha value is -2.16. The summed E-state index contributed by atoms with van der Waals surface area (Å²) in [5.74, 6) is -0.560. The van der Waals surface area contributed by atoms with Crippen LogP contribution in [0.1, 0.15) is 15.9 Å². The van der Waals surface area contributed by atoms with Gasteiger partial charge in [0.1, 0.15) is 5.82 Å². The van der Waals surface area contributed by atoms with Gasteiger partial charge in [0.05, 0.1) is 0 Å². The molecule has 0 fully saturated rings. The van der Waals surface area contributed by atoms with E-state index in [1.807, 2.05) is 6.07 Å². The average molecular weight is 229 g/mol. The van der Waals surface area contributed by atoms with E-state index in [0.29, 0.717) is 16.8 Å². The van der Waals surface area contributed by atoms with Gasteiger partial charge in [0, 0.05) is 16.8 Å². The van der Waals surface area contributed by atoms with Crippen LogP contribution >= 0.6 is 0 Å². The maximum Gasteiger partial charge on any atom is 0.255 e. The molecule has 0 spiro atoms. The van der Waals surface area contributed by atoms with E-state index in [1.54, 1.807) is 43.3 Å². The summed E-state index contributed by atoms with van der Waals surface area (Å²) in [6.07, 6.45) is 0. The van der Waals surface area contributed by atoms with Crippen molar-refractivity contribution in [1.29, 1.82) is 0 Å². The number of nitrogens with one attached hydrogen (secondary N) is 1. The van der Waals surface area contributed by atoms with Gasteiger partial charge in [-0.1, -0.05) is 24.3 Å². The number of amides is 1. The molecular weight excluding hydrogens is 217 g/mol. The number of carbonyl (C=O) groups excluding carboxylic acids is 1. The Labute approximate surface area is 99.1 Å². The summed E-state index contributed by atoms with van der Waals surface area (Å²) >= 11 is 0. The van der Waals surface area contributed by atoms with Gasteiger partial charge in [-0.25, -0.2) is 4.39 Å². The number of halogens is 1. The molecular formula is C14H12FNO. The van der Waals surface area contributed by atoms with Crippen molar-refractivity contribution >= 4 is 11.6 Å². The van der Waals surface area contributed by atoms with Gasteiger partial charge >= 0.3 is 0 Å². The Kier molecular flexibility index (Phi) is 3.19. The molecule has 0 aliphatic heterocycles. The van der Waals surface area contributed by atoms with Crippen molar-refractivity contribution in [3.63, 3.8) is 0 Å². The van der Waals surface area contributed by atoms with Gasteiger partial charge < -0.3 is 5.32 Å². The SMILES string of the molecule is Cc1c(F)cccc1NC(=O)c1ccccc1. The van der Waals surface area contributed by atoms with Crippen LogP contribution in [0.15, 0.2) is 48.5 Å². The van der Waals surface area contributed by atoms with Gasteiger partial charge in [-0.15, -0.1) is 0 Å². The second-order valence-electron chi connectivity index (χ2n) is 3.73. The number of hydrogen-bond acceptors (Lipinski definition) is 1. The Morgan fingerprint density at radius 2 is 1.76 bits per heavy atom. The highest BCUT2D eigenvalue weighted by molar-refractivity contribution is 6.04. The summed E-state index contributed by atoms with van der Waals surface area (Å²) in [6.45, 7) is 1.63. The number of anilines is 1. The fourth-order valence-corrected chi connectivity index (χ4v) is 1.53. The highest BCUT2D eigenvalue weighted by Gasteiger charge is 2.08. The molecule has 1 N–H and O–H groups in total. The molecule has 0 radical (unpaired) electrons. The van der Waals surface area contributed by atoms with Crippen molar-refractivity contribution in [2.75, 3.05) is 5.32 Å². The monoisotopic (exact) mass is 229 g/mol. The van der Waals surface area contributed by atoms with Gasteiger partial charge in [0.15, 0.2) is 0 Å². The Morgan fingerprint density at radius 1 is 1.06 bits per heavy atom. The smallest absolute Gasteiger partial charge is 0.255 e. The molecule has 0 saturated carbocycles. The predicted octanol–water partition coefficient (Wildman–Crippen LogP) is 3.39. The number of carbonyl (C=O) groups is 1. The van der Waals surface area contributed by atoms with Crippen molar-refractivity contribution in [3.8, 4) is 0 Å². The molecule has 2 rings (SSSR count). The first-order valence-electron chi connectivity index (χ1n) is 5.30. The first kappa shape index (κ1) is 11.3. The van der Waals surface area contributed by atoms with E-state index in [9.17, 15) is 9.18 Å². The molecule has 0 heterocycles. The Balaban J connectivity index is 2.22. The maximum absolute atomic E-state index is 13.3. The normalized spacial score (nSPS) is 10.0. The summed E-state index contributed by atoms with van der Waals surface area (Å²) in [4.78, 5) is 11.8. The molecule has 0 aliphatic carbocycles. The van der Waals surface area contributed by atoms with Crippen molar-refractivity contribution in [3.05, 3.63) is 65.5 Å². The number of rotatable bonds is 2. The van der Waals surface area contributed by atoms with E-state index < -0.39 is 0 Å². The summed E-state index contributed by atoms with van der Waals surface area (Å²) in [5.41, 5.74) is 1.49. The van der Waals surface area contributed by atoms with Crippen molar-refractivity contribution in [1.82, 2.24) is 0 Å². The van der Waals surface area contributed by atoms with Crippen LogP contribution in [0.4, 0.5) is 10.1 Å². The van der Waals surface area contributed by atoms with Crippen molar-refractivity contribution in [2.24, 2.45) is 0 Å². The third-order valence-corrected chi connectivity index (χ3v) is 2.55. The zero-order valence-corrected chi connectivity index (χ0v) is 9.41. The van der Waals surface area contributed by atoms with Gasteiger partial charge in [0.2, 0.25) is 0 Å². The average Bonchev–Trinajstić information content (AvgIpc) is 2.36. The molecule has 17 heavy (non-hydrogen) atoms. The van der Waals surface area contributed by atoms with E-state index in [4.69, 9.17) is 0 Å². The summed E-state index contributed by atoms with van der Waals surface area (Å²) in [6, 6.07) is 13.5. The number of benzene rings is 2. The third kappa shape index (κ3) is 2.50. The minimum absolute atomic E-state index is 0.237. The fraction of sp³-hybridized carbons (Fsp3) is 0.0714. The summed E-state index contributed by atoms with van der Waals surface area (Å²) < 4.78 is 13.3. The zero-order chi connectivity index (χ0) is 12.3. The molecule has 0 atom stereocenters. The molecule has 0 aliphatic rings. The van der Waals surface area contributed by atoms with Crippen LogP contribution in [0.2, 0.25) is 0 Å². The second kappa shape index (κ2) is 4.78. The summed E-state index contributed by atoms with van der Waals surface area (Å²) in [5, 5.41) is 2.69. The molecule has 0 saturated heterocycles.